The molecule has 0 aromatic carbocycles. The van der Waals surface area contributed by atoms with E-state index >= 15 is 0 Å². The van der Waals surface area contributed by atoms with Gasteiger partial charge in [0.15, 0.2) is 4.32 Å². The van der Waals surface area contributed by atoms with E-state index in [0.717, 1.165) is 5.06 Å². The molecule has 0 amide bonds. The second kappa shape index (κ2) is 6.95. The fraction of sp³-hybridized carbons (Fsp3) is 0.667. The quantitative estimate of drug-likeness (QED) is 0.331. The van der Waals surface area contributed by atoms with Crippen molar-refractivity contribution >= 4 is 79.7 Å². The number of hydrogen-bond donors (Lipinski definition) is 1. The molecule has 0 heterocycles. The zero-order valence-corrected chi connectivity index (χ0v) is 9.97. The van der Waals surface area contributed by atoms with Gasteiger partial charge in [0.25, 0.3) is 0 Å². The van der Waals surface area contributed by atoms with Gasteiger partial charge in [-0.15, -0.1) is 0 Å². The summed E-state index contributed by atoms with van der Waals surface area (Å²) in [6.45, 7) is 0. The number of thiocarbonyl (C=S) groups is 1. The predicted octanol–water partition coefficient (Wildman–Crippen LogP) is 0.575. The molecule has 2 nitrogen and oxygen atoms in total. The molecule has 5 heteroatoms. The second-order valence-corrected chi connectivity index (χ2v) is 2.43. The van der Waals surface area contributed by atoms with Crippen molar-refractivity contribution in [2.75, 3.05) is 13.3 Å². The molecule has 0 aliphatic heterocycles. The van der Waals surface area contributed by atoms with E-state index in [1.807, 2.05) is 6.26 Å². The summed E-state index contributed by atoms with van der Waals surface area (Å²) in [6, 6.07) is 0. The fourth-order valence-corrected chi connectivity index (χ4v) is 0.396. The predicted molar refractivity (Wildman–Crippen MR) is 41.4 cm³/mol. The Balaban J connectivity index is 0. The van der Waals surface area contributed by atoms with Crippen LogP contribution in [0, 0.1) is 0 Å². The first-order valence-corrected chi connectivity index (χ1v) is 3.32. The van der Waals surface area contributed by atoms with Crippen LogP contribution in [0.1, 0.15) is 0 Å². The van der Waals surface area contributed by atoms with Crippen LogP contribution in [0.15, 0.2) is 0 Å². The van der Waals surface area contributed by atoms with Crippen LogP contribution in [0.25, 0.3) is 0 Å². The molecule has 0 spiro atoms. The third-order valence-electron chi connectivity index (χ3n) is 0.439. The van der Waals surface area contributed by atoms with Crippen LogP contribution in [-0.4, -0.2) is 79.3 Å². The van der Waals surface area contributed by atoms with E-state index in [0.29, 0.717) is 4.32 Å². The van der Waals surface area contributed by atoms with Gasteiger partial charge in [0.2, 0.25) is 0 Å². The minimum atomic E-state index is 0. The largest absolute Gasteiger partial charge is 0.287 e. The van der Waals surface area contributed by atoms with E-state index in [1.54, 1.807) is 0 Å². The molecule has 43 valence electrons. The Bertz CT molecular complexity index is 77.7. The summed E-state index contributed by atoms with van der Waals surface area (Å²) >= 11 is 5.96. The first kappa shape index (κ1) is 12.5. The first-order chi connectivity index (χ1) is 3.18. The molecule has 1 N–H and O–H groups in total. The number of thioether (sulfide) groups is 1. The summed E-state index contributed by atoms with van der Waals surface area (Å²) in [5.41, 5.74) is 0. The van der Waals surface area contributed by atoms with Crippen LogP contribution in [0.5, 0.6) is 0 Å². The van der Waals surface area contributed by atoms with Crippen molar-refractivity contribution in [3.8, 4) is 0 Å². The molecule has 0 bridgehead atoms. The van der Waals surface area contributed by atoms with Crippen molar-refractivity contribution in [1.29, 1.82) is 0 Å². The SMILES string of the molecule is CSC(=S)N(C)O.[K]. The van der Waals surface area contributed by atoms with Gasteiger partial charge in [0.05, 0.1) is 0 Å². The van der Waals surface area contributed by atoms with Gasteiger partial charge in [0.1, 0.15) is 0 Å². The van der Waals surface area contributed by atoms with Crippen LogP contribution in [0.4, 0.5) is 0 Å². The maximum Gasteiger partial charge on any atom is 0.159 e. The Morgan fingerprint density at radius 3 is 2.12 bits per heavy atom. The molecule has 8 heavy (non-hydrogen) atoms. The Kier molecular flexibility index (Phi) is 10.9. The fourth-order valence-electron chi connectivity index (χ4n) is 0.132. The molecule has 0 fully saturated rings. The number of hydroxylamine groups is 2. The summed E-state index contributed by atoms with van der Waals surface area (Å²) in [7, 11) is 1.50. The summed E-state index contributed by atoms with van der Waals surface area (Å²) in [4.78, 5) is 0. The molecule has 0 aromatic heterocycles. The average molecular weight is 176 g/mol. The topological polar surface area (TPSA) is 23.5 Å². The van der Waals surface area contributed by atoms with Gasteiger partial charge < -0.3 is 0 Å². The smallest absolute Gasteiger partial charge is 0.159 e. The van der Waals surface area contributed by atoms with Crippen molar-refractivity contribution < 1.29 is 5.21 Å². The number of nitrogens with zero attached hydrogens (tertiary/aromatic N) is 1. The standard InChI is InChI=1S/C3H7NOS2.K/c1-4(5)3(6)7-2;/h5H,1-2H3;. The molecule has 0 saturated carbocycles. The molecular formula is C3H7KNOS2. The summed E-state index contributed by atoms with van der Waals surface area (Å²) in [5, 5.41) is 9.41. The molecule has 1 radical (unpaired) electrons. The summed E-state index contributed by atoms with van der Waals surface area (Å²) < 4.78 is 0.486. The molecule has 0 atom stereocenters. The van der Waals surface area contributed by atoms with Gasteiger partial charge in [-0.3, -0.25) is 5.21 Å². The number of hydrogen-bond acceptors (Lipinski definition) is 3. The normalized spacial score (nSPS) is 7.38. The van der Waals surface area contributed by atoms with Crippen LogP contribution in [0.2, 0.25) is 0 Å². The summed E-state index contributed by atoms with van der Waals surface area (Å²) in [6.07, 6.45) is 1.81. The van der Waals surface area contributed by atoms with Gasteiger partial charge in [-0.25, -0.2) is 5.06 Å². The van der Waals surface area contributed by atoms with Gasteiger partial charge in [-0.05, 0) is 6.26 Å². The molecule has 0 aliphatic carbocycles. The first-order valence-electron chi connectivity index (χ1n) is 1.69. The van der Waals surface area contributed by atoms with Gasteiger partial charge >= 0.3 is 0 Å². The van der Waals surface area contributed by atoms with Crippen molar-refractivity contribution in [3.63, 3.8) is 0 Å². The van der Waals surface area contributed by atoms with E-state index in [-0.39, 0.29) is 51.4 Å². The molecule has 0 aromatic rings. The monoisotopic (exact) mass is 176 g/mol. The van der Waals surface area contributed by atoms with E-state index in [4.69, 9.17) is 5.21 Å². The van der Waals surface area contributed by atoms with Crippen molar-refractivity contribution in [2.45, 2.75) is 0 Å². The molecule has 0 aliphatic rings. The second-order valence-electron chi connectivity index (χ2n) is 0.994. The van der Waals surface area contributed by atoms with Crippen molar-refractivity contribution in [3.05, 3.63) is 0 Å². The third kappa shape index (κ3) is 5.96. The maximum atomic E-state index is 8.49. The maximum absolute atomic E-state index is 8.49. The zero-order valence-electron chi connectivity index (χ0n) is 5.21. The van der Waals surface area contributed by atoms with Gasteiger partial charge in [-0.1, -0.05) is 24.0 Å². The van der Waals surface area contributed by atoms with Crippen LogP contribution < -0.4 is 0 Å². The Hall–Kier alpha value is 1.84. The zero-order chi connectivity index (χ0) is 5.86. The van der Waals surface area contributed by atoms with Crippen molar-refractivity contribution in [2.24, 2.45) is 0 Å². The summed E-state index contributed by atoms with van der Waals surface area (Å²) in [5.74, 6) is 0. The minimum Gasteiger partial charge on any atom is -0.287 e. The number of rotatable bonds is 0. The molecule has 0 unspecified atom stereocenters. The molecule has 0 rings (SSSR count). The van der Waals surface area contributed by atoms with E-state index in [1.165, 1.54) is 18.8 Å². The minimum absolute atomic E-state index is 0. The molecule has 0 saturated heterocycles. The van der Waals surface area contributed by atoms with Gasteiger partial charge in [0, 0.05) is 58.4 Å². The van der Waals surface area contributed by atoms with Crippen LogP contribution in [-0.2, 0) is 0 Å². The van der Waals surface area contributed by atoms with E-state index in [2.05, 4.69) is 12.2 Å². The van der Waals surface area contributed by atoms with Crippen LogP contribution >= 0.6 is 24.0 Å². The van der Waals surface area contributed by atoms with E-state index < -0.39 is 0 Å². The van der Waals surface area contributed by atoms with Crippen molar-refractivity contribution in [1.82, 2.24) is 5.06 Å². The van der Waals surface area contributed by atoms with E-state index in [9.17, 15) is 0 Å². The average Bonchev–Trinajstić information content (AvgIpc) is 1.65. The third-order valence-corrected chi connectivity index (χ3v) is 1.82. The molecular weight excluding hydrogens is 169 g/mol. The Morgan fingerprint density at radius 2 is 2.12 bits per heavy atom. The van der Waals surface area contributed by atoms with Gasteiger partial charge in [-0.2, -0.15) is 0 Å². The van der Waals surface area contributed by atoms with Crippen LogP contribution in [0.3, 0.4) is 0 Å². The Labute approximate surface area is 101 Å². The Morgan fingerprint density at radius 1 is 1.75 bits per heavy atom.